The second-order valence-electron chi connectivity index (χ2n) is 6.26. The molecule has 0 bridgehead atoms. The highest BCUT2D eigenvalue weighted by Gasteiger charge is 2.32. The van der Waals surface area contributed by atoms with Crippen molar-refractivity contribution in [3.8, 4) is 10.6 Å². The van der Waals surface area contributed by atoms with Crippen LogP contribution < -0.4 is 0 Å². The van der Waals surface area contributed by atoms with Crippen LogP contribution in [-0.4, -0.2) is 39.0 Å². The molecule has 2 aromatic heterocycles. The molecule has 0 amide bonds. The molecule has 114 valence electrons. The lowest BCUT2D eigenvalue weighted by Crippen LogP contribution is -2.38. The molecule has 0 spiro atoms. The van der Waals surface area contributed by atoms with E-state index in [1.54, 1.807) is 11.3 Å². The van der Waals surface area contributed by atoms with Gasteiger partial charge in [-0.1, -0.05) is 18.9 Å². The lowest BCUT2D eigenvalue weighted by atomic mass is 10.0. The van der Waals surface area contributed by atoms with Crippen LogP contribution in [0.2, 0.25) is 0 Å². The summed E-state index contributed by atoms with van der Waals surface area (Å²) < 4.78 is 1.88. The number of likely N-dealkylation sites (N-methyl/N-ethyl adjacent to an activating group) is 1. The zero-order valence-corrected chi connectivity index (χ0v) is 13.6. The van der Waals surface area contributed by atoms with Crippen LogP contribution in [0.25, 0.3) is 10.6 Å². The van der Waals surface area contributed by atoms with Crippen molar-refractivity contribution >= 4 is 11.3 Å². The van der Waals surface area contributed by atoms with Crippen LogP contribution in [-0.2, 0) is 13.6 Å². The predicted octanol–water partition coefficient (Wildman–Crippen LogP) is 2.89. The second-order valence-corrected chi connectivity index (χ2v) is 7.21. The molecule has 5 heteroatoms. The largest absolute Gasteiger partial charge is 0.389 e. The maximum absolute atomic E-state index is 10.5. The molecule has 2 aromatic rings. The van der Waals surface area contributed by atoms with E-state index >= 15 is 0 Å². The molecule has 21 heavy (non-hydrogen) atoms. The van der Waals surface area contributed by atoms with Gasteiger partial charge in [0.2, 0.25) is 0 Å². The Morgan fingerprint density at radius 1 is 1.43 bits per heavy atom. The lowest BCUT2D eigenvalue weighted by molar-refractivity contribution is 0.0145. The van der Waals surface area contributed by atoms with E-state index in [1.807, 2.05) is 11.7 Å². The normalized spacial score (nSPS) is 17.7. The molecule has 0 aromatic carbocycles. The minimum atomic E-state index is -0.486. The van der Waals surface area contributed by atoms with E-state index in [1.165, 1.54) is 10.4 Å². The maximum atomic E-state index is 10.5. The summed E-state index contributed by atoms with van der Waals surface area (Å²) in [6.07, 6.45) is 6.25. The minimum Gasteiger partial charge on any atom is -0.389 e. The number of aryl methyl sites for hydroxylation is 1. The molecule has 0 aliphatic heterocycles. The van der Waals surface area contributed by atoms with Gasteiger partial charge in [-0.25, -0.2) is 0 Å². The average molecular weight is 305 g/mol. The fraction of sp³-hybridized carbons (Fsp3) is 0.562. The average Bonchev–Trinajstić information content (AvgIpc) is 3.11. The Bertz CT molecular complexity index is 585. The van der Waals surface area contributed by atoms with Crippen molar-refractivity contribution < 1.29 is 5.11 Å². The molecule has 0 atom stereocenters. The molecule has 0 radical (unpaired) electrons. The lowest BCUT2D eigenvalue weighted by Gasteiger charge is -2.28. The summed E-state index contributed by atoms with van der Waals surface area (Å²) in [4.78, 5) is 3.43. The van der Waals surface area contributed by atoms with E-state index in [0.29, 0.717) is 0 Å². The monoisotopic (exact) mass is 305 g/mol. The van der Waals surface area contributed by atoms with E-state index in [0.717, 1.165) is 44.5 Å². The minimum absolute atomic E-state index is 0.486. The summed E-state index contributed by atoms with van der Waals surface area (Å²) in [5.74, 6) is 0. The van der Waals surface area contributed by atoms with Gasteiger partial charge in [0.05, 0.1) is 10.5 Å². The highest BCUT2D eigenvalue weighted by molar-refractivity contribution is 7.13. The van der Waals surface area contributed by atoms with Crippen molar-refractivity contribution in [2.75, 3.05) is 13.6 Å². The van der Waals surface area contributed by atoms with Gasteiger partial charge >= 0.3 is 0 Å². The molecule has 1 aliphatic carbocycles. The third-order valence-corrected chi connectivity index (χ3v) is 5.07. The molecule has 4 nitrogen and oxygen atoms in total. The number of thiophene rings is 1. The first-order valence-electron chi connectivity index (χ1n) is 7.53. The number of rotatable bonds is 5. The fourth-order valence-electron chi connectivity index (χ4n) is 3.31. The van der Waals surface area contributed by atoms with Gasteiger partial charge in [0.15, 0.2) is 0 Å². The summed E-state index contributed by atoms with van der Waals surface area (Å²) >= 11 is 1.72. The summed E-state index contributed by atoms with van der Waals surface area (Å²) in [6, 6.07) is 4.17. The highest BCUT2D eigenvalue weighted by atomic mass is 32.1. The van der Waals surface area contributed by atoms with Crippen LogP contribution in [0.5, 0.6) is 0 Å². The summed E-state index contributed by atoms with van der Waals surface area (Å²) in [5.41, 5.74) is 1.81. The van der Waals surface area contributed by atoms with E-state index in [9.17, 15) is 5.11 Å². The van der Waals surface area contributed by atoms with E-state index < -0.39 is 5.60 Å². The molecular formula is C16H23N3OS. The number of hydrogen-bond donors (Lipinski definition) is 1. The van der Waals surface area contributed by atoms with Crippen LogP contribution in [0.4, 0.5) is 0 Å². The van der Waals surface area contributed by atoms with Crippen molar-refractivity contribution in [3.05, 3.63) is 29.3 Å². The zero-order valence-electron chi connectivity index (χ0n) is 12.7. The Morgan fingerprint density at radius 2 is 2.19 bits per heavy atom. The van der Waals surface area contributed by atoms with Crippen molar-refractivity contribution in [1.29, 1.82) is 0 Å². The van der Waals surface area contributed by atoms with Crippen molar-refractivity contribution in [2.45, 2.75) is 37.8 Å². The van der Waals surface area contributed by atoms with Crippen molar-refractivity contribution in [3.63, 3.8) is 0 Å². The molecule has 0 unspecified atom stereocenters. The van der Waals surface area contributed by atoms with Crippen LogP contribution in [0.3, 0.4) is 0 Å². The number of nitrogens with zero attached hydrogens (tertiary/aromatic N) is 3. The van der Waals surface area contributed by atoms with Crippen LogP contribution in [0.1, 0.15) is 31.2 Å². The van der Waals surface area contributed by atoms with Gasteiger partial charge in [0.1, 0.15) is 5.69 Å². The molecule has 0 saturated heterocycles. The summed E-state index contributed by atoms with van der Waals surface area (Å²) in [6.45, 7) is 1.56. The van der Waals surface area contributed by atoms with Crippen LogP contribution in [0, 0.1) is 0 Å². The number of aromatic nitrogens is 2. The van der Waals surface area contributed by atoms with E-state index in [-0.39, 0.29) is 0 Å². The maximum Gasteiger partial charge on any atom is 0.107 e. The van der Waals surface area contributed by atoms with Gasteiger partial charge in [-0.05, 0) is 31.3 Å². The Morgan fingerprint density at radius 3 is 2.86 bits per heavy atom. The third kappa shape index (κ3) is 3.36. The van der Waals surface area contributed by atoms with Crippen LogP contribution in [0.15, 0.2) is 23.7 Å². The van der Waals surface area contributed by atoms with Gasteiger partial charge in [-0.15, -0.1) is 11.3 Å². The highest BCUT2D eigenvalue weighted by Crippen LogP contribution is 2.31. The SMILES string of the molecule is CN(Cc1cn(C)nc1-c1cccs1)CC1(O)CCCC1. The number of hydrogen-bond acceptors (Lipinski definition) is 4. The molecule has 1 N–H and O–H groups in total. The van der Waals surface area contributed by atoms with Gasteiger partial charge in [0.25, 0.3) is 0 Å². The smallest absolute Gasteiger partial charge is 0.107 e. The predicted molar refractivity (Wildman–Crippen MR) is 86.3 cm³/mol. The van der Waals surface area contributed by atoms with Crippen LogP contribution >= 0.6 is 11.3 Å². The fourth-order valence-corrected chi connectivity index (χ4v) is 4.06. The van der Waals surface area contributed by atoms with E-state index in [2.05, 4.69) is 40.8 Å². The van der Waals surface area contributed by atoms with Gasteiger partial charge < -0.3 is 5.11 Å². The van der Waals surface area contributed by atoms with Crippen molar-refractivity contribution in [1.82, 2.24) is 14.7 Å². The third-order valence-electron chi connectivity index (χ3n) is 4.20. The Kier molecular flexibility index (Phi) is 4.15. The summed E-state index contributed by atoms with van der Waals surface area (Å²) in [7, 11) is 4.05. The standard InChI is InChI=1S/C16H23N3OS/c1-18(12-16(20)7-3-4-8-16)10-13-11-19(2)17-15(13)14-6-5-9-21-14/h5-6,9,11,20H,3-4,7-8,10,12H2,1-2H3. The quantitative estimate of drug-likeness (QED) is 0.923. The molecule has 1 aliphatic rings. The van der Waals surface area contributed by atoms with Gasteiger partial charge in [0, 0.05) is 31.9 Å². The van der Waals surface area contributed by atoms with Gasteiger partial charge in [-0.3, -0.25) is 9.58 Å². The molecule has 1 fully saturated rings. The van der Waals surface area contributed by atoms with E-state index in [4.69, 9.17) is 0 Å². The molecule has 2 heterocycles. The van der Waals surface area contributed by atoms with Gasteiger partial charge in [-0.2, -0.15) is 5.10 Å². The Labute approximate surface area is 130 Å². The Balaban J connectivity index is 1.72. The first kappa shape index (κ1) is 14.8. The second kappa shape index (κ2) is 5.91. The Hall–Kier alpha value is -1.17. The first-order chi connectivity index (χ1) is 10.1. The molecular weight excluding hydrogens is 282 g/mol. The molecule has 3 rings (SSSR count). The topological polar surface area (TPSA) is 41.3 Å². The number of aliphatic hydroxyl groups is 1. The zero-order chi connectivity index (χ0) is 14.9. The first-order valence-corrected chi connectivity index (χ1v) is 8.41. The van der Waals surface area contributed by atoms with Crippen molar-refractivity contribution in [2.24, 2.45) is 7.05 Å². The summed E-state index contributed by atoms with van der Waals surface area (Å²) in [5, 5.41) is 17.2. The molecule has 1 saturated carbocycles.